The van der Waals surface area contributed by atoms with Crippen molar-refractivity contribution in [2.45, 2.75) is 10.6 Å². The third kappa shape index (κ3) is 4.05. The molecule has 0 spiro atoms. The van der Waals surface area contributed by atoms with Crippen LogP contribution in [-0.4, -0.2) is 10.2 Å². The molecule has 1 heterocycles. The van der Waals surface area contributed by atoms with Crippen molar-refractivity contribution >= 4 is 44.5 Å². The lowest BCUT2D eigenvalue weighted by Gasteiger charge is -2.00. The summed E-state index contributed by atoms with van der Waals surface area (Å²) < 4.78 is 6.78. The van der Waals surface area contributed by atoms with E-state index in [1.807, 2.05) is 54.6 Å². The maximum atomic E-state index is 11.6. The van der Waals surface area contributed by atoms with Crippen LogP contribution in [0.15, 0.2) is 68.4 Å². The number of aromatic nitrogens is 1. The number of rotatable bonds is 5. The molecule has 3 nitrogen and oxygen atoms in total. The average molecular weight is 409 g/mol. The van der Waals surface area contributed by atoms with Gasteiger partial charge in [-0.05, 0) is 48.0 Å². The zero-order valence-corrected chi connectivity index (χ0v) is 15.0. The molecule has 2 aromatic carbocycles. The van der Waals surface area contributed by atoms with E-state index in [9.17, 15) is 4.79 Å². The number of hydrogen-bond donors (Lipinski definition) is 0. The first-order chi connectivity index (χ1) is 11.1. The molecule has 1 aromatic heterocycles. The summed E-state index contributed by atoms with van der Waals surface area (Å²) in [6.07, 6.45) is 0. The van der Waals surface area contributed by atoms with Crippen LogP contribution in [-0.2, 0) is 5.75 Å². The van der Waals surface area contributed by atoms with E-state index in [0.29, 0.717) is 17.4 Å². The summed E-state index contributed by atoms with van der Waals surface area (Å²) >= 11 is 10.6. The summed E-state index contributed by atoms with van der Waals surface area (Å²) in [5.74, 6) is 1.37. The Bertz CT molecular complexity index is 818. The van der Waals surface area contributed by atoms with Crippen LogP contribution < -0.4 is 0 Å². The molecule has 0 bridgehead atoms. The first kappa shape index (κ1) is 16.3. The van der Waals surface area contributed by atoms with Crippen molar-refractivity contribution in [2.75, 3.05) is 0 Å². The molecule has 0 saturated heterocycles. The third-order valence-electron chi connectivity index (χ3n) is 3.09. The Morgan fingerprint density at radius 2 is 1.83 bits per heavy atom. The van der Waals surface area contributed by atoms with Gasteiger partial charge in [0.1, 0.15) is 5.76 Å². The first-order valence-corrected chi connectivity index (χ1v) is 8.92. The zero-order valence-electron chi connectivity index (χ0n) is 11.8. The van der Waals surface area contributed by atoms with Crippen molar-refractivity contribution in [3.63, 3.8) is 0 Å². The van der Waals surface area contributed by atoms with Crippen molar-refractivity contribution in [1.82, 2.24) is 4.98 Å². The lowest BCUT2D eigenvalue weighted by Crippen LogP contribution is -1.94. The van der Waals surface area contributed by atoms with Gasteiger partial charge in [-0.15, -0.1) is 11.8 Å². The van der Waals surface area contributed by atoms with E-state index in [2.05, 4.69) is 20.9 Å². The third-order valence-corrected chi connectivity index (χ3v) is 4.81. The van der Waals surface area contributed by atoms with Gasteiger partial charge in [0.15, 0.2) is 5.69 Å². The SMILES string of the molecule is O=C(Cl)c1nc(-c2ccccc2)oc1CSc1ccc(Br)cc1. The van der Waals surface area contributed by atoms with Gasteiger partial charge < -0.3 is 4.42 Å². The predicted octanol–water partition coefficient (Wildman–Crippen LogP) is 5.78. The summed E-state index contributed by atoms with van der Waals surface area (Å²) in [4.78, 5) is 16.9. The predicted molar refractivity (Wildman–Crippen MR) is 95.8 cm³/mol. The van der Waals surface area contributed by atoms with Crippen LogP contribution >= 0.6 is 39.3 Å². The Hall–Kier alpha value is -1.56. The molecule has 0 aliphatic carbocycles. The van der Waals surface area contributed by atoms with Gasteiger partial charge in [-0.1, -0.05) is 34.1 Å². The highest BCUT2D eigenvalue weighted by atomic mass is 79.9. The highest BCUT2D eigenvalue weighted by Gasteiger charge is 2.19. The number of carbonyl (C=O) groups is 1. The highest BCUT2D eigenvalue weighted by Crippen LogP contribution is 2.29. The summed E-state index contributed by atoms with van der Waals surface area (Å²) in [5.41, 5.74) is 0.988. The highest BCUT2D eigenvalue weighted by molar-refractivity contribution is 9.10. The maximum Gasteiger partial charge on any atom is 0.274 e. The maximum absolute atomic E-state index is 11.6. The molecule has 0 saturated carbocycles. The molecule has 6 heteroatoms. The number of benzene rings is 2. The number of hydrogen-bond acceptors (Lipinski definition) is 4. The molecule has 23 heavy (non-hydrogen) atoms. The fourth-order valence-electron chi connectivity index (χ4n) is 1.99. The number of oxazole rings is 1. The molecule has 0 aliphatic rings. The van der Waals surface area contributed by atoms with Crippen LogP contribution in [0.2, 0.25) is 0 Å². The fraction of sp³-hybridized carbons (Fsp3) is 0.0588. The second-order valence-corrected chi connectivity index (χ2v) is 6.98. The van der Waals surface area contributed by atoms with Crippen molar-refractivity contribution in [3.05, 3.63) is 70.5 Å². The van der Waals surface area contributed by atoms with Crippen LogP contribution in [0.25, 0.3) is 11.5 Å². The summed E-state index contributed by atoms with van der Waals surface area (Å²) in [6, 6.07) is 17.3. The molecule has 0 unspecified atom stereocenters. The van der Waals surface area contributed by atoms with Gasteiger partial charge in [0.25, 0.3) is 5.24 Å². The van der Waals surface area contributed by atoms with E-state index >= 15 is 0 Å². The van der Waals surface area contributed by atoms with Crippen LogP contribution in [0.3, 0.4) is 0 Å². The van der Waals surface area contributed by atoms with Crippen molar-refractivity contribution in [1.29, 1.82) is 0 Å². The van der Waals surface area contributed by atoms with E-state index in [0.717, 1.165) is 14.9 Å². The Balaban J connectivity index is 1.84. The smallest absolute Gasteiger partial charge is 0.274 e. The van der Waals surface area contributed by atoms with Gasteiger partial charge in [0.2, 0.25) is 5.89 Å². The zero-order chi connectivity index (χ0) is 16.2. The summed E-state index contributed by atoms with van der Waals surface area (Å²) in [5, 5.41) is -0.609. The van der Waals surface area contributed by atoms with E-state index in [1.54, 1.807) is 11.8 Å². The molecule has 0 fully saturated rings. The lowest BCUT2D eigenvalue weighted by atomic mass is 10.2. The van der Waals surface area contributed by atoms with Gasteiger partial charge in [-0.2, -0.15) is 0 Å². The molecule has 3 aromatic rings. The van der Waals surface area contributed by atoms with E-state index in [4.69, 9.17) is 16.0 Å². The average Bonchev–Trinajstić information content (AvgIpc) is 3.00. The Morgan fingerprint density at radius 1 is 1.13 bits per heavy atom. The van der Waals surface area contributed by atoms with Gasteiger partial charge in [-0.25, -0.2) is 4.98 Å². The second kappa shape index (κ2) is 7.34. The molecular weight excluding hydrogens is 398 g/mol. The van der Waals surface area contributed by atoms with Crippen LogP contribution in [0, 0.1) is 0 Å². The van der Waals surface area contributed by atoms with Gasteiger partial charge in [0.05, 0.1) is 5.75 Å². The monoisotopic (exact) mass is 407 g/mol. The molecule has 0 atom stereocenters. The van der Waals surface area contributed by atoms with E-state index < -0.39 is 5.24 Å². The summed E-state index contributed by atoms with van der Waals surface area (Å²) in [7, 11) is 0. The molecule has 3 rings (SSSR count). The molecule has 0 amide bonds. The second-order valence-electron chi connectivity index (χ2n) is 4.67. The van der Waals surface area contributed by atoms with Crippen LogP contribution in [0.4, 0.5) is 0 Å². The van der Waals surface area contributed by atoms with Crippen molar-refractivity contribution in [2.24, 2.45) is 0 Å². The van der Waals surface area contributed by atoms with Crippen LogP contribution in [0.1, 0.15) is 16.2 Å². The van der Waals surface area contributed by atoms with E-state index in [1.165, 1.54) is 0 Å². The Labute approximate surface area is 151 Å². The fourth-order valence-corrected chi connectivity index (χ4v) is 3.22. The van der Waals surface area contributed by atoms with Crippen molar-refractivity contribution < 1.29 is 9.21 Å². The molecule has 116 valence electrons. The Morgan fingerprint density at radius 3 is 2.48 bits per heavy atom. The molecule has 0 N–H and O–H groups in total. The largest absolute Gasteiger partial charge is 0.439 e. The minimum Gasteiger partial charge on any atom is -0.439 e. The van der Waals surface area contributed by atoms with Crippen LogP contribution in [0.5, 0.6) is 0 Å². The quantitative estimate of drug-likeness (QED) is 0.397. The van der Waals surface area contributed by atoms with Gasteiger partial charge >= 0.3 is 0 Å². The summed E-state index contributed by atoms with van der Waals surface area (Å²) in [6.45, 7) is 0. The minimum atomic E-state index is -0.609. The first-order valence-electron chi connectivity index (χ1n) is 6.77. The number of carbonyl (C=O) groups excluding carboxylic acids is 1. The van der Waals surface area contributed by atoms with E-state index in [-0.39, 0.29) is 5.69 Å². The minimum absolute atomic E-state index is 0.176. The number of nitrogens with zero attached hydrogens (tertiary/aromatic N) is 1. The lowest BCUT2D eigenvalue weighted by molar-refractivity contribution is 0.107. The molecular formula is C17H11BrClNO2S. The van der Waals surface area contributed by atoms with Crippen molar-refractivity contribution in [3.8, 4) is 11.5 Å². The molecule has 0 radical (unpaired) electrons. The Kier molecular flexibility index (Phi) is 5.20. The molecule has 0 aliphatic heterocycles. The number of halogens is 2. The number of thioether (sulfide) groups is 1. The van der Waals surface area contributed by atoms with Gasteiger partial charge in [0, 0.05) is 14.9 Å². The normalized spacial score (nSPS) is 10.7. The topological polar surface area (TPSA) is 43.1 Å². The van der Waals surface area contributed by atoms with Gasteiger partial charge in [-0.3, -0.25) is 4.79 Å². The standard InChI is InChI=1S/C17H11BrClNO2S/c18-12-6-8-13(9-7-12)23-10-14-15(16(19)21)20-17(22-14)11-4-2-1-3-5-11/h1-9H,10H2.